The van der Waals surface area contributed by atoms with E-state index in [-0.39, 0.29) is 0 Å². The van der Waals surface area contributed by atoms with Crippen LogP contribution in [-0.2, 0) is 11.8 Å². The monoisotopic (exact) mass is 271 g/mol. The third kappa shape index (κ3) is 1.66. The lowest BCUT2D eigenvalue weighted by Crippen LogP contribution is -2.42. The molecule has 0 aliphatic carbocycles. The summed E-state index contributed by atoms with van der Waals surface area (Å²) in [5.74, 6) is 0. The molecule has 2 bridgehead atoms. The van der Waals surface area contributed by atoms with Gasteiger partial charge in [0.15, 0.2) is 6.29 Å². The lowest BCUT2D eigenvalue weighted by atomic mass is 10.1. The first-order chi connectivity index (χ1) is 9.76. The van der Waals surface area contributed by atoms with E-state index in [0.29, 0.717) is 17.8 Å². The predicted molar refractivity (Wildman–Crippen MR) is 76.2 cm³/mol. The Morgan fingerprint density at radius 2 is 2.10 bits per heavy atom. The van der Waals surface area contributed by atoms with Gasteiger partial charge in [-0.2, -0.15) is 0 Å². The Balaban J connectivity index is 1.85. The normalized spacial score (nSPS) is 25.4. The first kappa shape index (κ1) is 11.9. The van der Waals surface area contributed by atoms with Crippen LogP contribution in [0.5, 0.6) is 0 Å². The first-order valence-corrected chi connectivity index (χ1v) is 7.06. The van der Waals surface area contributed by atoms with Crippen molar-refractivity contribution in [2.24, 2.45) is 7.05 Å². The molecule has 2 atom stereocenters. The van der Waals surface area contributed by atoms with Crippen LogP contribution in [-0.4, -0.2) is 41.1 Å². The number of hydrogen-bond donors (Lipinski definition) is 0. The maximum atomic E-state index is 11.3. The molecule has 2 fully saturated rings. The zero-order valence-corrected chi connectivity index (χ0v) is 11.5. The van der Waals surface area contributed by atoms with E-state index in [2.05, 4.69) is 9.88 Å². The van der Waals surface area contributed by atoms with E-state index < -0.39 is 0 Å². The molecule has 2 aliphatic heterocycles. The minimum Gasteiger partial charge on any atom is -0.371 e. The van der Waals surface area contributed by atoms with Crippen LogP contribution < -0.4 is 4.90 Å². The number of fused-ring (bicyclic) bond motifs is 3. The van der Waals surface area contributed by atoms with Gasteiger partial charge in [-0.25, -0.2) is 4.98 Å². The summed E-state index contributed by atoms with van der Waals surface area (Å²) >= 11 is 0. The van der Waals surface area contributed by atoms with Gasteiger partial charge in [0, 0.05) is 38.1 Å². The second kappa shape index (κ2) is 4.31. The van der Waals surface area contributed by atoms with Gasteiger partial charge < -0.3 is 14.2 Å². The second-order valence-electron chi connectivity index (χ2n) is 5.70. The van der Waals surface area contributed by atoms with E-state index >= 15 is 0 Å². The summed E-state index contributed by atoms with van der Waals surface area (Å²) in [5, 5.41) is 0.964. The predicted octanol–water partition coefficient (Wildman–Crippen LogP) is 1.75. The highest BCUT2D eigenvalue weighted by Crippen LogP contribution is 2.34. The number of morpholine rings is 1. The van der Waals surface area contributed by atoms with Crippen molar-refractivity contribution in [2.75, 3.05) is 18.0 Å². The van der Waals surface area contributed by atoms with Crippen molar-refractivity contribution in [1.29, 1.82) is 0 Å². The number of aldehydes is 1. The van der Waals surface area contributed by atoms with Gasteiger partial charge >= 0.3 is 0 Å². The molecule has 5 nitrogen and oxygen atoms in total. The van der Waals surface area contributed by atoms with Gasteiger partial charge in [0.2, 0.25) is 0 Å². The van der Waals surface area contributed by atoms with Crippen LogP contribution in [0.2, 0.25) is 0 Å². The number of carbonyl (C=O) groups is 1. The Labute approximate surface area is 117 Å². The van der Waals surface area contributed by atoms with E-state index in [1.807, 2.05) is 30.1 Å². The average molecular weight is 271 g/mol. The molecule has 0 radical (unpaired) electrons. The summed E-state index contributed by atoms with van der Waals surface area (Å²) in [5.41, 5.74) is 2.69. The summed E-state index contributed by atoms with van der Waals surface area (Å²) in [7, 11) is 1.93. The molecule has 2 unspecified atom stereocenters. The molecule has 2 aliphatic rings. The molecular formula is C15H17N3O2. The van der Waals surface area contributed by atoms with Crippen LogP contribution in [0.3, 0.4) is 0 Å². The van der Waals surface area contributed by atoms with E-state index in [0.717, 1.165) is 48.9 Å². The van der Waals surface area contributed by atoms with Crippen LogP contribution in [0.15, 0.2) is 18.5 Å². The van der Waals surface area contributed by atoms with E-state index in [1.54, 1.807) is 0 Å². The van der Waals surface area contributed by atoms with Crippen LogP contribution >= 0.6 is 0 Å². The third-order valence-electron chi connectivity index (χ3n) is 4.38. The third-order valence-corrected chi connectivity index (χ3v) is 4.38. The van der Waals surface area contributed by atoms with Gasteiger partial charge in [0.05, 0.1) is 23.3 Å². The van der Waals surface area contributed by atoms with E-state index in [1.165, 1.54) is 0 Å². The van der Waals surface area contributed by atoms with Crippen molar-refractivity contribution in [3.8, 4) is 0 Å². The fourth-order valence-electron chi connectivity index (χ4n) is 3.48. The first-order valence-electron chi connectivity index (χ1n) is 7.06. The highest BCUT2D eigenvalue weighted by Gasteiger charge is 2.34. The molecule has 0 aromatic carbocycles. The van der Waals surface area contributed by atoms with Crippen molar-refractivity contribution >= 4 is 23.0 Å². The van der Waals surface area contributed by atoms with Crippen LogP contribution in [0, 0.1) is 0 Å². The van der Waals surface area contributed by atoms with Gasteiger partial charge in [-0.15, -0.1) is 0 Å². The maximum absolute atomic E-state index is 11.3. The number of nitrogens with zero attached hydrogens (tertiary/aromatic N) is 3. The minimum absolute atomic E-state index is 0.334. The van der Waals surface area contributed by atoms with Crippen molar-refractivity contribution in [3.63, 3.8) is 0 Å². The van der Waals surface area contributed by atoms with Crippen LogP contribution in [0.25, 0.3) is 11.0 Å². The van der Waals surface area contributed by atoms with Crippen molar-refractivity contribution in [1.82, 2.24) is 9.55 Å². The van der Waals surface area contributed by atoms with Crippen molar-refractivity contribution < 1.29 is 9.53 Å². The lowest BCUT2D eigenvalue weighted by Gasteiger charge is -2.34. The Morgan fingerprint density at radius 3 is 2.80 bits per heavy atom. The second-order valence-corrected chi connectivity index (χ2v) is 5.70. The SMILES string of the molecule is Cn1cc(C=O)c2c(N3CC4CCC(C3)O4)ccnc21. The lowest BCUT2D eigenvalue weighted by molar-refractivity contribution is 0.0306. The summed E-state index contributed by atoms with van der Waals surface area (Å²) < 4.78 is 7.81. The largest absolute Gasteiger partial charge is 0.371 e. The quantitative estimate of drug-likeness (QED) is 0.781. The number of carbonyl (C=O) groups excluding carboxylic acids is 1. The molecule has 2 aromatic heterocycles. The Morgan fingerprint density at radius 1 is 1.35 bits per heavy atom. The molecule has 4 heterocycles. The van der Waals surface area contributed by atoms with Crippen molar-refractivity contribution in [3.05, 3.63) is 24.0 Å². The number of anilines is 1. The Kier molecular flexibility index (Phi) is 2.57. The number of pyridine rings is 1. The number of aromatic nitrogens is 2. The molecule has 104 valence electrons. The van der Waals surface area contributed by atoms with E-state index in [4.69, 9.17) is 4.74 Å². The maximum Gasteiger partial charge on any atom is 0.152 e. The fraction of sp³-hybridized carbons (Fsp3) is 0.467. The number of hydrogen-bond acceptors (Lipinski definition) is 4. The average Bonchev–Trinajstić information content (AvgIpc) is 2.98. The van der Waals surface area contributed by atoms with Gasteiger partial charge in [-0.3, -0.25) is 4.79 Å². The molecule has 0 amide bonds. The summed E-state index contributed by atoms with van der Waals surface area (Å²) in [6.45, 7) is 1.81. The van der Waals surface area contributed by atoms with Gasteiger partial charge in [0.1, 0.15) is 5.65 Å². The summed E-state index contributed by atoms with van der Waals surface area (Å²) in [6.07, 6.45) is 7.55. The number of ether oxygens (including phenoxy) is 1. The standard InChI is InChI=1S/C15H17N3O2/c1-17-6-10(9-19)14-13(4-5-16-15(14)17)18-7-11-2-3-12(8-18)20-11/h4-6,9,11-12H,2-3,7-8H2,1H3. The molecule has 0 spiro atoms. The molecular weight excluding hydrogens is 254 g/mol. The summed E-state index contributed by atoms with van der Waals surface area (Å²) in [4.78, 5) is 18.1. The van der Waals surface area contributed by atoms with Gasteiger partial charge in [-0.05, 0) is 18.9 Å². The van der Waals surface area contributed by atoms with Crippen LogP contribution in [0.1, 0.15) is 23.2 Å². The topological polar surface area (TPSA) is 47.4 Å². The Hall–Kier alpha value is -1.88. The molecule has 0 saturated carbocycles. The van der Waals surface area contributed by atoms with Crippen molar-refractivity contribution in [2.45, 2.75) is 25.0 Å². The Bertz CT molecular complexity index is 667. The highest BCUT2D eigenvalue weighted by molar-refractivity contribution is 6.03. The molecule has 2 aromatic rings. The number of rotatable bonds is 2. The zero-order valence-electron chi connectivity index (χ0n) is 11.5. The molecule has 2 saturated heterocycles. The molecule has 5 heteroatoms. The van der Waals surface area contributed by atoms with E-state index in [9.17, 15) is 4.79 Å². The number of aryl methyl sites for hydroxylation is 1. The van der Waals surface area contributed by atoms with Gasteiger partial charge in [0.25, 0.3) is 0 Å². The molecule has 20 heavy (non-hydrogen) atoms. The fourth-order valence-corrected chi connectivity index (χ4v) is 3.48. The smallest absolute Gasteiger partial charge is 0.152 e. The zero-order chi connectivity index (χ0) is 13.7. The van der Waals surface area contributed by atoms with Gasteiger partial charge in [-0.1, -0.05) is 0 Å². The molecule has 4 rings (SSSR count). The van der Waals surface area contributed by atoms with Crippen LogP contribution in [0.4, 0.5) is 5.69 Å². The highest BCUT2D eigenvalue weighted by atomic mass is 16.5. The molecule has 0 N–H and O–H groups in total. The summed E-state index contributed by atoms with van der Waals surface area (Å²) in [6, 6.07) is 2.01. The minimum atomic E-state index is 0.334.